The second-order valence-electron chi connectivity index (χ2n) is 7.50. The van der Waals surface area contributed by atoms with Crippen LogP contribution in [0.5, 0.6) is 0 Å². The van der Waals surface area contributed by atoms with Crippen molar-refractivity contribution in [2.45, 2.75) is 13.0 Å². The number of nitrogens with zero attached hydrogens (tertiary/aromatic N) is 5. The molecule has 2 aromatic heterocycles. The van der Waals surface area contributed by atoms with Gasteiger partial charge in [0.1, 0.15) is 6.54 Å². The first-order valence-electron chi connectivity index (χ1n) is 9.63. The molecular weight excluding hydrogens is 372 g/mol. The molecule has 1 unspecified atom stereocenters. The van der Waals surface area contributed by atoms with Gasteiger partial charge in [-0.05, 0) is 24.5 Å². The lowest BCUT2D eigenvalue weighted by molar-refractivity contribution is -0.121. The molecular formula is C20H24N6O3. The molecule has 0 spiro atoms. The van der Waals surface area contributed by atoms with Gasteiger partial charge in [0.2, 0.25) is 5.91 Å². The largest absolute Gasteiger partial charge is 0.371 e. The van der Waals surface area contributed by atoms with Crippen LogP contribution < -0.4 is 21.5 Å². The third-order valence-corrected chi connectivity index (χ3v) is 5.50. The molecule has 1 saturated heterocycles. The zero-order valence-corrected chi connectivity index (χ0v) is 16.5. The van der Waals surface area contributed by atoms with E-state index in [1.807, 2.05) is 18.2 Å². The maximum Gasteiger partial charge on any atom is 0.332 e. The summed E-state index contributed by atoms with van der Waals surface area (Å²) in [6, 6.07) is 10.2. The van der Waals surface area contributed by atoms with Gasteiger partial charge in [0.15, 0.2) is 11.2 Å². The number of hydrogen-bond acceptors (Lipinski definition) is 5. The number of rotatable bonds is 5. The van der Waals surface area contributed by atoms with Gasteiger partial charge in [-0.25, -0.2) is 14.3 Å². The zero-order valence-electron chi connectivity index (χ0n) is 16.5. The number of benzene rings is 1. The lowest BCUT2D eigenvalue weighted by atomic mass is 10.1. The topological polar surface area (TPSA) is 94.2 Å². The Bertz CT molecular complexity index is 1160. The van der Waals surface area contributed by atoms with Gasteiger partial charge in [0.05, 0.1) is 6.33 Å². The Morgan fingerprint density at radius 3 is 2.72 bits per heavy atom. The number of para-hydroxylation sites is 1. The van der Waals surface area contributed by atoms with Crippen molar-refractivity contribution in [3.8, 4) is 0 Å². The fraction of sp³-hybridized carbons (Fsp3) is 0.400. The van der Waals surface area contributed by atoms with E-state index in [-0.39, 0.29) is 12.5 Å². The second kappa shape index (κ2) is 7.57. The van der Waals surface area contributed by atoms with Crippen LogP contribution in [0.25, 0.3) is 11.2 Å². The second-order valence-corrected chi connectivity index (χ2v) is 7.50. The van der Waals surface area contributed by atoms with Crippen LogP contribution in [0.15, 0.2) is 46.2 Å². The lowest BCUT2D eigenvalue weighted by Gasteiger charge is -2.18. The van der Waals surface area contributed by atoms with E-state index < -0.39 is 11.2 Å². The predicted octanol–water partition coefficient (Wildman–Crippen LogP) is 0.0764. The van der Waals surface area contributed by atoms with Crippen molar-refractivity contribution in [2.24, 2.45) is 20.0 Å². The van der Waals surface area contributed by atoms with Crippen LogP contribution in [0.1, 0.15) is 6.42 Å². The minimum atomic E-state index is -0.549. The highest BCUT2D eigenvalue weighted by Crippen LogP contribution is 2.22. The Balaban J connectivity index is 1.42. The highest BCUT2D eigenvalue weighted by molar-refractivity contribution is 5.76. The maximum atomic E-state index is 12.7. The van der Waals surface area contributed by atoms with E-state index in [0.29, 0.717) is 23.6 Å². The molecule has 1 fully saturated rings. The van der Waals surface area contributed by atoms with E-state index in [4.69, 9.17) is 0 Å². The standard InChI is InChI=1S/C20H24N6O3/c1-23-13-22-18-17(23)19(28)26(20(29)24(18)2)12-16(27)21-10-14-8-9-25(11-14)15-6-4-3-5-7-15/h3-7,13-14H,8-12H2,1-2H3,(H,21,27). The molecule has 1 aliphatic heterocycles. The van der Waals surface area contributed by atoms with E-state index in [0.717, 1.165) is 24.1 Å². The number of carbonyl (C=O) groups is 1. The highest BCUT2D eigenvalue weighted by Gasteiger charge is 2.23. The third kappa shape index (κ3) is 3.55. The minimum absolute atomic E-state index is 0.300. The van der Waals surface area contributed by atoms with Gasteiger partial charge in [0, 0.05) is 39.4 Å². The molecule has 1 amide bonds. The maximum absolute atomic E-state index is 12.7. The number of fused-ring (bicyclic) bond motifs is 1. The van der Waals surface area contributed by atoms with Crippen molar-refractivity contribution in [3.05, 3.63) is 57.5 Å². The van der Waals surface area contributed by atoms with Crippen molar-refractivity contribution < 1.29 is 4.79 Å². The summed E-state index contributed by atoms with van der Waals surface area (Å²) in [5.41, 5.74) is 0.739. The average molecular weight is 396 g/mol. The monoisotopic (exact) mass is 396 g/mol. The van der Waals surface area contributed by atoms with Gasteiger partial charge < -0.3 is 14.8 Å². The summed E-state index contributed by atoms with van der Waals surface area (Å²) >= 11 is 0. The van der Waals surface area contributed by atoms with Crippen LogP contribution in [-0.2, 0) is 25.4 Å². The number of carbonyl (C=O) groups excluding carboxylic acids is 1. The molecule has 0 bridgehead atoms. The number of aryl methyl sites for hydroxylation is 2. The summed E-state index contributed by atoms with van der Waals surface area (Å²) in [6.45, 7) is 2.03. The predicted molar refractivity (Wildman–Crippen MR) is 110 cm³/mol. The van der Waals surface area contributed by atoms with Crippen LogP contribution in [0.4, 0.5) is 5.69 Å². The molecule has 9 nitrogen and oxygen atoms in total. The highest BCUT2D eigenvalue weighted by atomic mass is 16.2. The summed E-state index contributed by atoms with van der Waals surface area (Å²) < 4.78 is 3.81. The number of nitrogens with one attached hydrogen (secondary N) is 1. The molecule has 0 aliphatic carbocycles. The number of hydrogen-bond donors (Lipinski definition) is 1. The molecule has 0 radical (unpaired) electrons. The lowest BCUT2D eigenvalue weighted by Crippen LogP contribution is -2.44. The number of aromatic nitrogens is 4. The first kappa shape index (κ1) is 19.0. The molecule has 1 aliphatic rings. The van der Waals surface area contributed by atoms with Gasteiger partial charge in [-0.3, -0.25) is 14.2 Å². The molecule has 152 valence electrons. The first-order valence-corrected chi connectivity index (χ1v) is 9.63. The van der Waals surface area contributed by atoms with Gasteiger partial charge >= 0.3 is 5.69 Å². The average Bonchev–Trinajstić information content (AvgIpc) is 3.36. The summed E-state index contributed by atoms with van der Waals surface area (Å²) in [7, 11) is 3.23. The van der Waals surface area contributed by atoms with Crippen molar-refractivity contribution in [1.29, 1.82) is 0 Å². The van der Waals surface area contributed by atoms with Crippen LogP contribution >= 0.6 is 0 Å². The summed E-state index contributed by atoms with van der Waals surface area (Å²) in [5, 5.41) is 2.88. The van der Waals surface area contributed by atoms with Crippen molar-refractivity contribution in [2.75, 3.05) is 24.5 Å². The molecule has 9 heteroatoms. The SMILES string of the molecule is Cn1cnc2c1c(=O)n(CC(=O)NCC1CCN(c3ccccc3)C1)c(=O)n2C. The molecule has 4 rings (SSSR count). The third-order valence-electron chi connectivity index (χ3n) is 5.50. The van der Waals surface area contributed by atoms with Crippen molar-refractivity contribution >= 4 is 22.8 Å². The Hall–Kier alpha value is -3.36. The Labute approximate surface area is 167 Å². The molecule has 3 heterocycles. The molecule has 1 atom stereocenters. The van der Waals surface area contributed by atoms with E-state index in [9.17, 15) is 14.4 Å². The van der Waals surface area contributed by atoms with Gasteiger partial charge in [-0.2, -0.15) is 0 Å². The van der Waals surface area contributed by atoms with Crippen LogP contribution in [-0.4, -0.2) is 44.2 Å². The Morgan fingerprint density at radius 2 is 1.97 bits per heavy atom. The summed E-state index contributed by atoms with van der Waals surface area (Å²) in [4.78, 5) is 44.0. The van der Waals surface area contributed by atoms with E-state index in [1.54, 1.807) is 18.7 Å². The van der Waals surface area contributed by atoms with Gasteiger partial charge in [0.25, 0.3) is 5.56 Å². The van der Waals surface area contributed by atoms with Crippen LogP contribution in [0, 0.1) is 5.92 Å². The summed E-state index contributed by atoms with van der Waals surface area (Å²) in [6.07, 6.45) is 2.46. The smallest absolute Gasteiger partial charge is 0.332 e. The molecule has 1 aromatic carbocycles. The van der Waals surface area contributed by atoms with Crippen LogP contribution in [0.2, 0.25) is 0 Å². The number of imidazole rings is 1. The fourth-order valence-electron chi connectivity index (χ4n) is 3.87. The van der Waals surface area contributed by atoms with Crippen molar-refractivity contribution in [3.63, 3.8) is 0 Å². The quantitative estimate of drug-likeness (QED) is 0.659. The van der Waals surface area contributed by atoms with Gasteiger partial charge in [-0.15, -0.1) is 0 Å². The normalized spacial score (nSPS) is 16.5. The molecule has 3 aromatic rings. The first-order chi connectivity index (χ1) is 14.0. The Morgan fingerprint density at radius 1 is 1.21 bits per heavy atom. The number of amides is 1. The van der Waals surface area contributed by atoms with E-state index >= 15 is 0 Å². The molecule has 0 saturated carbocycles. The minimum Gasteiger partial charge on any atom is -0.371 e. The number of anilines is 1. The zero-order chi connectivity index (χ0) is 20.5. The Kier molecular flexibility index (Phi) is 4.96. The molecule has 29 heavy (non-hydrogen) atoms. The van der Waals surface area contributed by atoms with Crippen molar-refractivity contribution in [1.82, 2.24) is 24.0 Å². The van der Waals surface area contributed by atoms with Gasteiger partial charge in [-0.1, -0.05) is 18.2 Å². The summed E-state index contributed by atoms with van der Waals surface area (Å²) in [5.74, 6) is -0.0119. The van der Waals surface area contributed by atoms with E-state index in [2.05, 4.69) is 27.3 Å². The van der Waals surface area contributed by atoms with Crippen LogP contribution in [0.3, 0.4) is 0 Å². The fourth-order valence-corrected chi connectivity index (χ4v) is 3.87. The molecule has 1 N–H and O–H groups in total. The van der Waals surface area contributed by atoms with E-state index in [1.165, 1.54) is 16.6 Å².